The summed E-state index contributed by atoms with van der Waals surface area (Å²) in [5.41, 5.74) is 0.647. The van der Waals surface area contributed by atoms with Crippen LogP contribution in [0.2, 0.25) is 0 Å². The molecule has 0 aliphatic heterocycles. The number of fused-ring (bicyclic) bond motifs is 1. The largest absolute Gasteiger partial charge is 0.318 e. The summed E-state index contributed by atoms with van der Waals surface area (Å²) in [5.74, 6) is 0.562. The summed E-state index contributed by atoms with van der Waals surface area (Å²) in [5, 5.41) is 0. The van der Waals surface area contributed by atoms with E-state index in [1.165, 1.54) is 10.5 Å². The molecule has 62 valence electrons. The highest BCUT2D eigenvalue weighted by atomic mass is 79.9. The van der Waals surface area contributed by atoms with Crippen molar-refractivity contribution in [3.05, 3.63) is 32.9 Å². The highest BCUT2D eigenvalue weighted by Crippen LogP contribution is 2.06. The zero-order chi connectivity index (χ0) is 8.72. The van der Waals surface area contributed by atoms with Crippen molar-refractivity contribution >= 4 is 21.7 Å². The number of halogens is 1. The van der Waals surface area contributed by atoms with Gasteiger partial charge in [0.2, 0.25) is 5.78 Å². The molecule has 0 spiro atoms. The third-order valence-corrected chi connectivity index (χ3v) is 1.96. The molecule has 0 radical (unpaired) electrons. The van der Waals surface area contributed by atoms with Crippen molar-refractivity contribution in [1.29, 1.82) is 0 Å². The van der Waals surface area contributed by atoms with E-state index in [0.717, 1.165) is 4.60 Å². The lowest BCUT2D eigenvalue weighted by molar-refractivity contribution is 1.02. The smallest absolute Gasteiger partial charge is 0.259 e. The summed E-state index contributed by atoms with van der Waals surface area (Å²) < 4.78 is 2.20. The number of aromatic nitrogens is 3. The second-order valence-electron chi connectivity index (χ2n) is 2.53. The third-order valence-electron chi connectivity index (χ3n) is 1.55. The number of aryl methyl sites for hydroxylation is 1. The molecule has 5 heteroatoms. The lowest BCUT2D eigenvalue weighted by Crippen LogP contribution is -2.12. The summed E-state index contributed by atoms with van der Waals surface area (Å²) in [4.78, 5) is 18.3. The van der Waals surface area contributed by atoms with Gasteiger partial charge in [0.05, 0.1) is 0 Å². The maximum absolute atomic E-state index is 11.3. The van der Waals surface area contributed by atoms with E-state index in [1.807, 2.05) is 0 Å². The quantitative estimate of drug-likeness (QED) is 0.733. The Balaban J connectivity index is 2.98. The second-order valence-corrected chi connectivity index (χ2v) is 3.39. The van der Waals surface area contributed by atoms with E-state index in [4.69, 9.17) is 0 Å². The first-order valence-corrected chi connectivity index (χ1v) is 4.20. The van der Waals surface area contributed by atoms with Crippen LogP contribution in [0.4, 0.5) is 0 Å². The molecule has 0 saturated heterocycles. The zero-order valence-corrected chi connectivity index (χ0v) is 7.92. The Labute approximate surface area is 76.4 Å². The minimum Gasteiger partial charge on any atom is -0.318 e. The topological polar surface area (TPSA) is 50.2 Å². The molecular weight excluding hydrogens is 222 g/mol. The molecule has 1 N–H and O–H groups in total. The molecule has 4 nitrogen and oxygen atoms in total. The van der Waals surface area contributed by atoms with Crippen LogP contribution in [0.25, 0.3) is 5.78 Å². The maximum atomic E-state index is 11.3. The van der Waals surface area contributed by atoms with E-state index in [2.05, 4.69) is 25.9 Å². The summed E-state index contributed by atoms with van der Waals surface area (Å²) in [6.45, 7) is 1.79. The van der Waals surface area contributed by atoms with Gasteiger partial charge < -0.3 is 4.98 Å². The monoisotopic (exact) mass is 227 g/mol. The average molecular weight is 228 g/mol. The molecule has 12 heavy (non-hydrogen) atoms. The van der Waals surface area contributed by atoms with Crippen molar-refractivity contribution < 1.29 is 0 Å². The van der Waals surface area contributed by atoms with Crippen LogP contribution in [0.1, 0.15) is 5.69 Å². The van der Waals surface area contributed by atoms with Crippen LogP contribution in [-0.2, 0) is 0 Å². The van der Waals surface area contributed by atoms with Gasteiger partial charge in [-0.3, -0.25) is 9.20 Å². The van der Waals surface area contributed by atoms with Crippen LogP contribution in [0, 0.1) is 6.92 Å². The summed E-state index contributed by atoms with van der Waals surface area (Å²) >= 11 is 3.23. The van der Waals surface area contributed by atoms with Gasteiger partial charge in [-0.2, -0.15) is 0 Å². The Hall–Kier alpha value is -1.10. The van der Waals surface area contributed by atoms with Gasteiger partial charge in [-0.05, 0) is 22.9 Å². The molecule has 0 aliphatic rings. The Morgan fingerprint density at radius 3 is 3.17 bits per heavy atom. The molecule has 2 rings (SSSR count). The van der Waals surface area contributed by atoms with Crippen LogP contribution in [0.3, 0.4) is 0 Å². The van der Waals surface area contributed by atoms with Crippen LogP contribution in [-0.4, -0.2) is 14.4 Å². The summed E-state index contributed by atoms with van der Waals surface area (Å²) in [7, 11) is 0. The number of aromatic amines is 1. The van der Waals surface area contributed by atoms with Crippen molar-refractivity contribution in [2.75, 3.05) is 0 Å². The van der Waals surface area contributed by atoms with Crippen molar-refractivity contribution in [2.45, 2.75) is 6.92 Å². The maximum Gasteiger partial charge on any atom is 0.259 e. The molecule has 0 saturated carbocycles. The number of rotatable bonds is 0. The molecule has 0 unspecified atom stereocenters. The fraction of sp³-hybridized carbons (Fsp3) is 0.143. The predicted molar refractivity (Wildman–Crippen MR) is 48.2 cm³/mol. The highest BCUT2D eigenvalue weighted by molar-refractivity contribution is 9.10. The van der Waals surface area contributed by atoms with Gasteiger partial charge in [-0.25, -0.2) is 4.98 Å². The first kappa shape index (κ1) is 7.54. The van der Waals surface area contributed by atoms with Crippen LogP contribution >= 0.6 is 15.9 Å². The number of hydrogen-bond donors (Lipinski definition) is 1. The van der Waals surface area contributed by atoms with Crippen LogP contribution in [0.5, 0.6) is 0 Å². The predicted octanol–water partition coefficient (Wildman–Crippen LogP) is 1.09. The van der Waals surface area contributed by atoms with Gasteiger partial charge in [-0.1, -0.05) is 0 Å². The van der Waals surface area contributed by atoms with Gasteiger partial charge in [0.1, 0.15) is 4.60 Å². The summed E-state index contributed by atoms with van der Waals surface area (Å²) in [6, 6.07) is 1.49. The molecule has 2 heterocycles. The number of H-pyrrole nitrogens is 1. The standard InChI is InChI=1S/C7H6BrN3O/c1-4-2-6(12)11-3-5(8)10-7(11)9-4/h2-3H,1H3,(H,9,10). The van der Waals surface area contributed by atoms with E-state index >= 15 is 0 Å². The minimum absolute atomic E-state index is 0.0700. The van der Waals surface area contributed by atoms with E-state index in [0.29, 0.717) is 11.5 Å². The van der Waals surface area contributed by atoms with E-state index in [-0.39, 0.29) is 5.56 Å². The molecular formula is C7H6BrN3O. The third kappa shape index (κ3) is 1.06. The molecule has 2 aromatic heterocycles. The molecule has 0 aromatic carbocycles. The zero-order valence-electron chi connectivity index (χ0n) is 6.34. The fourth-order valence-corrected chi connectivity index (χ4v) is 1.45. The number of imidazole rings is 1. The van der Waals surface area contributed by atoms with Gasteiger partial charge in [0.15, 0.2) is 0 Å². The number of nitrogens with zero attached hydrogens (tertiary/aromatic N) is 2. The summed E-state index contributed by atoms with van der Waals surface area (Å²) in [6.07, 6.45) is 1.66. The van der Waals surface area contributed by atoms with Crippen molar-refractivity contribution in [3.8, 4) is 0 Å². The lowest BCUT2D eigenvalue weighted by atomic mass is 10.4. The number of nitrogens with one attached hydrogen (secondary N) is 1. The average Bonchev–Trinajstić information content (AvgIpc) is 2.29. The van der Waals surface area contributed by atoms with E-state index in [9.17, 15) is 4.79 Å². The van der Waals surface area contributed by atoms with Crippen molar-refractivity contribution in [2.24, 2.45) is 0 Å². The van der Waals surface area contributed by atoms with Gasteiger partial charge >= 0.3 is 0 Å². The Morgan fingerprint density at radius 1 is 1.67 bits per heavy atom. The highest BCUT2D eigenvalue weighted by Gasteiger charge is 2.01. The first-order chi connectivity index (χ1) is 5.66. The fourth-order valence-electron chi connectivity index (χ4n) is 1.07. The van der Waals surface area contributed by atoms with Crippen LogP contribution in [0.15, 0.2) is 21.7 Å². The molecule has 0 atom stereocenters. The van der Waals surface area contributed by atoms with Crippen LogP contribution < -0.4 is 5.56 Å². The van der Waals surface area contributed by atoms with Gasteiger partial charge in [0.25, 0.3) is 5.56 Å². The molecule has 0 aliphatic carbocycles. The molecule has 2 aromatic rings. The van der Waals surface area contributed by atoms with Crippen molar-refractivity contribution in [1.82, 2.24) is 14.4 Å². The van der Waals surface area contributed by atoms with Crippen molar-refractivity contribution in [3.63, 3.8) is 0 Å². The Morgan fingerprint density at radius 2 is 2.42 bits per heavy atom. The minimum atomic E-state index is -0.0700. The Kier molecular flexibility index (Phi) is 1.54. The normalized spacial score (nSPS) is 10.8. The molecule has 0 amide bonds. The Bertz CT molecular complexity index is 485. The number of hydrogen-bond acceptors (Lipinski definition) is 2. The molecule has 0 fully saturated rings. The second kappa shape index (κ2) is 2.45. The first-order valence-electron chi connectivity index (χ1n) is 3.41. The SMILES string of the molecule is Cc1cc(=O)n2cc(Br)[nH]c2n1. The van der Waals surface area contributed by atoms with E-state index < -0.39 is 0 Å². The van der Waals surface area contributed by atoms with E-state index in [1.54, 1.807) is 13.1 Å². The lowest BCUT2D eigenvalue weighted by Gasteiger charge is -1.91. The molecule has 0 bridgehead atoms. The van der Waals surface area contributed by atoms with Gasteiger partial charge in [-0.15, -0.1) is 0 Å². The van der Waals surface area contributed by atoms with Gasteiger partial charge in [0, 0.05) is 18.0 Å².